The van der Waals surface area contributed by atoms with Crippen molar-refractivity contribution in [1.82, 2.24) is 20.2 Å². The van der Waals surface area contributed by atoms with Crippen molar-refractivity contribution in [2.75, 3.05) is 5.32 Å². The van der Waals surface area contributed by atoms with Gasteiger partial charge in [-0.15, -0.1) is 5.10 Å². The van der Waals surface area contributed by atoms with Crippen molar-refractivity contribution in [3.63, 3.8) is 0 Å². The molecule has 126 valence electrons. The SMILES string of the molecule is Cc1c(NC(=O)/C=C/c2cccc(Cl)c2Cl)cccc1-n1cnnn1. The number of tetrazole rings is 1. The highest BCUT2D eigenvalue weighted by atomic mass is 35.5. The smallest absolute Gasteiger partial charge is 0.248 e. The summed E-state index contributed by atoms with van der Waals surface area (Å²) in [4.78, 5) is 12.2. The van der Waals surface area contributed by atoms with Crippen LogP contribution in [0.5, 0.6) is 0 Å². The maximum atomic E-state index is 12.2. The van der Waals surface area contributed by atoms with Crippen LogP contribution in [0.15, 0.2) is 48.8 Å². The molecule has 0 saturated heterocycles. The zero-order valence-electron chi connectivity index (χ0n) is 13.1. The first-order valence-electron chi connectivity index (χ1n) is 7.32. The van der Waals surface area contributed by atoms with E-state index >= 15 is 0 Å². The van der Waals surface area contributed by atoms with Crippen molar-refractivity contribution in [1.29, 1.82) is 0 Å². The van der Waals surface area contributed by atoms with E-state index in [1.807, 2.05) is 19.1 Å². The fourth-order valence-corrected chi connectivity index (χ4v) is 2.64. The topological polar surface area (TPSA) is 72.7 Å². The zero-order valence-corrected chi connectivity index (χ0v) is 14.7. The van der Waals surface area contributed by atoms with Gasteiger partial charge in [0.15, 0.2) is 0 Å². The molecule has 0 spiro atoms. The lowest BCUT2D eigenvalue weighted by molar-refractivity contribution is -0.111. The number of nitrogens with one attached hydrogen (secondary N) is 1. The number of halogens is 2. The molecule has 8 heteroatoms. The van der Waals surface area contributed by atoms with Gasteiger partial charge >= 0.3 is 0 Å². The minimum Gasteiger partial charge on any atom is -0.322 e. The summed E-state index contributed by atoms with van der Waals surface area (Å²) >= 11 is 12.1. The van der Waals surface area contributed by atoms with Crippen molar-refractivity contribution in [2.45, 2.75) is 6.92 Å². The molecule has 25 heavy (non-hydrogen) atoms. The van der Waals surface area contributed by atoms with Crippen LogP contribution in [0.1, 0.15) is 11.1 Å². The predicted octanol–water partition coefficient (Wildman–Crippen LogP) is 3.93. The number of rotatable bonds is 4. The molecule has 1 amide bonds. The summed E-state index contributed by atoms with van der Waals surface area (Å²) < 4.78 is 1.53. The van der Waals surface area contributed by atoms with E-state index in [1.165, 1.54) is 17.1 Å². The number of carbonyl (C=O) groups excluding carboxylic acids is 1. The molecule has 0 saturated carbocycles. The summed E-state index contributed by atoms with van der Waals surface area (Å²) in [6.45, 7) is 1.88. The average molecular weight is 374 g/mol. The molecule has 1 aromatic heterocycles. The highest BCUT2D eigenvalue weighted by Crippen LogP contribution is 2.26. The Labute approximate surface area is 154 Å². The second kappa shape index (κ2) is 7.46. The number of benzene rings is 2. The molecule has 1 heterocycles. The third-order valence-corrected chi connectivity index (χ3v) is 4.39. The molecule has 0 atom stereocenters. The number of aromatic nitrogens is 4. The summed E-state index contributed by atoms with van der Waals surface area (Å²) in [5, 5.41) is 14.8. The molecule has 3 rings (SSSR count). The number of hydrogen-bond donors (Lipinski definition) is 1. The van der Waals surface area contributed by atoms with Gasteiger partial charge in [-0.3, -0.25) is 4.79 Å². The summed E-state index contributed by atoms with van der Waals surface area (Å²) in [6, 6.07) is 10.7. The van der Waals surface area contributed by atoms with Gasteiger partial charge in [0.1, 0.15) is 6.33 Å². The summed E-state index contributed by atoms with van der Waals surface area (Å²) in [5.41, 5.74) is 2.96. The van der Waals surface area contributed by atoms with Gasteiger partial charge in [-0.05, 0) is 52.8 Å². The molecule has 6 nitrogen and oxygen atoms in total. The van der Waals surface area contributed by atoms with Gasteiger partial charge in [0.2, 0.25) is 5.91 Å². The molecule has 0 aliphatic carbocycles. The van der Waals surface area contributed by atoms with Crippen LogP contribution in [0.25, 0.3) is 11.8 Å². The van der Waals surface area contributed by atoms with Gasteiger partial charge < -0.3 is 5.32 Å². The molecular formula is C17H13Cl2N5O. The van der Waals surface area contributed by atoms with E-state index in [-0.39, 0.29) is 5.91 Å². The Morgan fingerprint density at radius 2 is 2.00 bits per heavy atom. The van der Waals surface area contributed by atoms with Crippen molar-refractivity contribution in [2.24, 2.45) is 0 Å². The standard InChI is InChI=1S/C17H13Cl2N5O/c1-11-14(6-3-7-15(11)24-10-20-22-23-24)21-16(25)9-8-12-4-2-5-13(18)17(12)19/h2-10H,1H3,(H,21,25)/b9-8+. The average Bonchev–Trinajstić information content (AvgIpc) is 3.12. The Morgan fingerprint density at radius 3 is 2.76 bits per heavy atom. The third kappa shape index (κ3) is 3.87. The van der Waals surface area contributed by atoms with Crippen LogP contribution >= 0.6 is 23.2 Å². The summed E-state index contributed by atoms with van der Waals surface area (Å²) in [6.07, 6.45) is 4.51. The summed E-state index contributed by atoms with van der Waals surface area (Å²) in [5.74, 6) is -0.284. The number of nitrogens with zero attached hydrogens (tertiary/aromatic N) is 4. The fraction of sp³-hybridized carbons (Fsp3) is 0.0588. The van der Waals surface area contributed by atoms with Crippen molar-refractivity contribution < 1.29 is 4.79 Å². The quantitative estimate of drug-likeness (QED) is 0.703. The van der Waals surface area contributed by atoms with E-state index in [9.17, 15) is 4.79 Å². The maximum Gasteiger partial charge on any atom is 0.248 e. The molecule has 0 radical (unpaired) electrons. The number of anilines is 1. The van der Waals surface area contributed by atoms with Gasteiger partial charge in [0.05, 0.1) is 15.7 Å². The highest BCUT2D eigenvalue weighted by Gasteiger charge is 2.09. The van der Waals surface area contributed by atoms with Gasteiger partial charge in [-0.25, -0.2) is 4.68 Å². The van der Waals surface area contributed by atoms with Crippen LogP contribution in [-0.2, 0) is 4.79 Å². The Kier molecular flexibility index (Phi) is 5.11. The first-order chi connectivity index (χ1) is 12.1. The second-order valence-corrected chi connectivity index (χ2v) is 5.95. The van der Waals surface area contributed by atoms with Crippen LogP contribution < -0.4 is 5.32 Å². The number of amides is 1. The molecule has 0 bridgehead atoms. The fourth-order valence-electron chi connectivity index (χ4n) is 2.27. The minimum atomic E-state index is -0.284. The lowest BCUT2D eigenvalue weighted by atomic mass is 10.1. The first-order valence-corrected chi connectivity index (χ1v) is 8.08. The Morgan fingerprint density at radius 1 is 1.20 bits per heavy atom. The summed E-state index contributed by atoms with van der Waals surface area (Å²) in [7, 11) is 0. The normalized spacial score (nSPS) is 11.0. The Balaban J connectivity index is 1.79. The predicted molar refractivity (Wildman–Crippen MR) is 98.0 cm³/mol. The van der Waals surface area contributed by atoms with Crippen LogP contribution in [0, 0.1) is 6.92 Å². The molecule has 0 fully saturated rings. The third-order valence-electron chi connectivity index (χ3n) is 3.55. The molecule has 0 unspecified atom stereocenters. The largest absolute Gasteiger partial charge is 0.322 e. The van der Waals surface area contributed by atoms with Gasteiger partial charge in [-0.1, -0.05) is 41.4 Å². The molecule has 3 aromatic rings. The van der Waals surface area contributed by atoms with Crippen molar-refractivity contribution in [3.8, 4) is 5.69 Å². The van der Waals surface area contributed by atoms with Gasteiger partial charge in [0.25, 0.3) is 0 Å². The van der Waals surface area contributed by atoms with Crippen LogP contribution in [0.4, 0.5) is 5.69 Å². The van der Waals surface area contributed by atoms with E-state index in [4.69, 9.17) is 23.2 Å². The lowest BCUT2D eigenvalue weighted by Crippen LogP contribution is -2.10. The molecule has 0 aliphatic heterocycles. The molecule has 0 aliphatic rings. The number of carbonyl (C=O) groups is 1. The van der Waals surface area contributed by atoms with Crippen LogP contribution in [0.2, 0.25) is 10.0 Å². The monoisotopic (exact) mass is 373 g/mol. The molecule has 1 N–H and O–H groups in total. The number of hydrogen-bond acceptors (Lipinski definition) is 4. The van der Waals surface area contributed by atoms with Crippen LogP contribution in [-0.4, -0.2) is 26.1 Å². The van der Waals surface area contributed by atoms with E-state index in [2.05, 4.69) is 20.8 Å². The lowest BCUT2D eigenvalue weighted by Gasteiger charge is -2.10. The highest BCUT2D eigenvalue weighted by molar-refractivity contribution is 6.42. The Hall–Kier alpha value is -2.70. The zero-order chi connectivity index (χ0) is 17.8. The maximum absolute atomic E-state index is 12.2. The first kappa shape index (κ1) is 17.1. The van der Waals surface area contributed by atoms with E-state index < -0.39 is 0 Å². The van der Waals surface area contributed by atoms with Crippen LogP contribution in [0.3, 0.4) is 0 Å². The van der Waals surface area contributed by atoms with Gasteiger partial charge in [0, 0.05) is 11.8 Å². The van der Waals surface area contributed by atoms with Crippen molar-refractivity contribution in [3.05, 3.63) is 70.0 Å². The molecular weight excluding hydrogens is 361 g/mol. The van der Waals surface area contributed by atoms with Crippen molar-refractivity contribution >= 4 is 40.9 Å². The van der Waals surface area contributed by atoms with E-state index in [0.717, 1.165) is 11.3 Å². The molecule has 2 aromatic carbocycles. The van der Waals surface area contributed by atoms with E-state index in [0.29, 0.717) is 21.3 Å². The minimum absolute atomic E-state index is 0.284. The van der Waals surface area contributed by atoms with Gasteiger partial charge in [-0.2, -0.15) is 0 Å². The Bertz CT molecular complexity index is 938. The van der Waals surface area contributed by atoms with E-state index in [1.54, 1.807) is 30.3 Å². The second-order valence-electron chi connectivity index (χ2n) is 5.17.